The van der Waals surface area contributed by atoms with Crippen LogP contribution in [0.4, 0.5) is 5.69 Å². The van der Waals surface area contributed by atoms with E-state index in [0.29, 0.717) is 16.3 Å². The maximum absolute atomic E-state index is 12.9. The van der Waals surface area contributed by atoms with Crippen LogP contribution in [0.5, 0.6) is 0 Å². The number of carbonyl (C=O) groups excluding carboxylic acids is 3. The number of nitro groups is 1. The SMILES string of the molecule is CC(C)(C)OC(=O)CCOCCOCCN1C(=O)c2cccc3cc([N+](=O)[O-])cc(c23)C1=O. The smallest absolute Gasteiger partial charge is 0.308 e. The lowest BCUT2D eigenvalue weighted by Crippen LogP contribution is -2.42. The normalized spacial score (nSPS) is 13.5. The summed E-state index contributed by atoms with van der Waals surface area (Å²) in [6, 6.07) is 7.41. The van der Waals surface area contributed by atoms with Gasteiger partial charge in [0.05, 0.1) is 49.9 Å². The van der Waals surface area contributed by atoms with Crippen LogP contribution in [0.25, 0.3) is 10.8 Å². The number of benzene rings is 2. The number of hydrogen-bond acceptors (Lipinski definition) is 8. The molecule has 2 amide bonds. The van der Waals surface area contributed by atoms with E-state index < -0.39 is 22.3 Å². The van der Waals surface area contributed by atoms with E-state index in [2.05, 4.69) is 0 Å². The van der Waals surface area contributed by atoms with Crippen LogP contribution in [0, 0.1) is 10.1 Å². The molecule has 0 N–H and O–H groups in total. The zero-order valence-electron chi connectivity index (χ0n) is 18.8. The molecule has 0 saturated carbocycles. The number of nitro benzene ring substituents is 1. The lowest BCUT2D eigenvalue weighted by Gasteiger charge is -2.27. The van der Waals surface area contributed by atoms with Crippen LogP contribution in [0.1, 0.15) is 47.9 Å². The van der Waals surface area contributed by atoms with Crippen molar-refractivity contribution < 1.29 is 33.5 Å². The largest absolute Gasteiger partial charge is 0.460 e. The van der Waals surface area contributed by atoms with E-state index in [4.69, 9.17) is 14.2 Å². The molecule has 0 aliphatic carbocycles. The van der Waals surface area contributed by atoms with E-state index in [1.165, 1.54) is 12.1 Å². The Labute approximate surface area is 190 Å². The van der Waals surface area contributed by atoms with Crippen LogP contribution >= 0.6 is 0 Å². The van der Waals surface area contributed by atoms with Crippen molar-refractivity contribution in [1.29, 1.82) is 0 Å². The Balaban J connectivity index is 1.50. The highest BCUT2D eigenvalue weighted by Crippen LogP contribution is 2.33. The predicted octanol–water partition coefficient (Wildman–Crippen LogP) is 3.11. The van der Waals surface area contributed by atoms with Gasteiger partial charge in [-0.3, -0.25) is 29.4 Å². The van der Waals surface area contributed by atoms with E-state index in [-0.39, 0.29) is 56.6 Å². The van der Waals surface area contributed by atoms with Gasteiger partial charge >= 0.3 is 5.97 Å². The molecular weight excluding hydrogens is 432 g/mol. The maximum Gasteiger partial charge on any atom is 0.308 e. The molecule has 176 valence electrons. The predicted molar refractivity (Wildman–Crippen MR) is 118 cm³/mol. The molecule has 0 spiro atoms. The molecule has 10 nitrogen and oxygen atoms in total. The van der Waals surface area contributed by atoms with Crippen molar-refractivity contribution >= 4 is 34.2 Å². The quantitative estimate of drug-likeness (QED) is 0.175. The summed E-state index contributed by atoms with van der Waals surface area (Å²) < 4.78 is 16.0. The van der Waals surface area contributed by atoms with Gasteiger partial charge in [-0.15, -0.1) is 0 Å². The second kappa shape index (κ2) is 10.1. The van der Waals surface area contributed by atoms with E-state index in [9.17, 15) is 24.5 Å². The molecule has 0 bridgehead atoms. The summed E-state index contributed by atoms with van der Waals surface area (Å²) in [6.07, 6.45) is 0.130. The van der Waals surface area contributed by atoms with Crippen molar-refractivity contribution in [3.8, 4) is 0 Å². The minimum Gasteiger partial charge on any atom is -0.460 e. The summed E-state index contributed by atoms with van der Waals surface area (Å²) in [5, 5.41) is 12.1. The first-order valence-electron chi connectivity index (χ1n) is 10.5. The minimum absolute atomic E-state index is 0.00586. The summed E-state index contributed by atoms with van der Waals surface area (Å²) in [7, 11) is 0. The average Bonchev–Trinajstić information content (AvgIpc) is 2.74. The number of non-ortho nitro benzene ring substituents is 1. The van der Waals surface area contributed by atoms with E-state index in [0.717, 1.165) is 4.90 Å². The van der Waals surface area contributed by atoms with E-state index >= 15 is 0 Å². The number of nitrogens with zero attached hydrogens (tertiary/aromatic N) is 2. The number of rotatable bonds is 10. The Morgan fingerprint density at radius 1 is 1.00 bits per heavy atom. The highest BCUT2D eigenvalue weighted by Gasteiger charge is 2.34. The Morgan fingerprint density at radius 2 is 1.67 bits per heavy atom. The molecule has 2 aromatic rings. The monoisotopic (exact) mass is 458 g/mol. The van der Waals surface area contributed by atoms with Crippen molar-refractivity contribution in [3.05, 3.63) is 51.6 Å². The second-order valence-electron chi connectivity index (χ2n) is 8.48. The molecule has 3 rings (SSSR count). The number of imide groups is 1. The first-order chi connectivity index (χ1) is 15.6. The van der Waals surface area contributed by atoms with E-state index in [1.807, 2.05) is 0 Å². The zero-order valence-corrected chi connectivity index (χ0v) is 18.8. The molecular formula is C23H26N2O8. The highest BCUT2D eigenvalue weighted by molar-refractivity contribution is 6.25. The molecule has 0 unspecified atom stereocenters. The summed E-state index contributed by atoms with van der Waals surface area (Å²) in [6.45, 7) is 6.08. The molecule has 1 aliphatic heterocycles. The van der Waals surface area contributed by atoms with Gasteiger partial charge in [-0.2, -0.15) is 0 Å². The molecule has 0 saturated heterocycles. The summed E-state index contributed by atoms with van der Waals surface area (Å²) >= 11 is 0. The highest BCUT2D eigenvalue weighted by atomic mass is 16.6. The fourth-order valence-corrected chi connectivity index (χ4v) is 3.48. The zero-order chi connectivity index (χ0) is 24.2. The molecule has 33 heavy (non-hydrogen) atoms. The average molecular weight is 458 g/mol. The number of ether oxygens (including phenoxy) is 3. The molecule has 0 aromatic heterocycles. The van der Waals surface area contributed by atoms with Gasteiger partial charge < -0.3 is 14.2 Å². The van der Waals surface area contributed by atoms with E-state index in [1.54, 1.807) is 39.0 Å². The first kappa shape index (κ1) is 24.3. The summed E-state index contributed by atoms with van der Waals surface area (Å²) in [4.78, 5) is 49.1. The number of carbonyl (C=O) groups is 3. The second-order valence-corrected chi connectivity index (χ2v) is 8.48. The van der Waals surface area contributed by atoms with Gasteiger partial charge in [-0.1, -0.05) is 12.1 Å². The van der Waals surface area contributed by atoms with Crippen molar-refractivity contribution in [2.45, 2.75) is 32.8 Å². The lowest BCUT2D eigenvalue weighted by molar-refractivity contribution is -0.384. The molecule has 10 heteroatoms. The standard InChI is InChI=1S/C23H26N2O8/c1-23(2,3)33-19(26)7-9-31-11-12-32-10-8-24-21(27)17-6-4-5-15-13-16(25(29)30)14-18(20(15)17)22(24)28/h4-6,13-14H,7-12H2,1-3H3. The van der Waals surface area contributed by atoms with Gasteiger partial charge in [-0.05, 0) is 32.2 Å². The van der Waals surface area contributed by atoms with Crippen LogP contribution in [0.2, 0.25) is 0 Å². The summed E-state index contributed by atoms with van der Waals surface area (Å²) in [5.74, 6) is -1.41. The third-order valence-corrected chi connectivity index (χ3v) is 4.83. The molecule has 1 aliphatic rings. The third-order valence-electron chi connectivity index (χ3n) is 4.83. The number of hydrogen-bond donors (Lipinski definition) is 0. The minimum atomic E-state index is -0.593. The number of amides is 2. The maximum atomic E-state index is 12.9. The van der Waals surface area contributed by atoms with Crippen LogP contribution in [-0.2, 0) is 19.0 Å². The fourth-order valence-electron chi connectivity index (χ4n) is 3.48. The van der Waals surface area contributed by atoms with Gasteiger partial charge in [-0.25, -0.2) is 0 Å². The fraction of sp³-hybridized carbons (Fsp3) is 0.435. The van der Waals surface area contributed by atoms with Crippen LogP contribution in [0.15, 0.2) is 30.3 Å². The molecule has 0 atom stereocenters. The first-order valence-corrected chi connectivity index (χ1v) is 10.5. The Kier molecular flexibility index (Phi) is 7.39. The Morgan fingerprint density at radius 3 is 2.33 bits per heavy atom. The van der Waals surface area contributed by atoms with Crippen molar-refractivity contribution in [3.63, 3.8) is 0 Å². The van der Waals surface area contributed by atoms with Crippen LogP contribution < -0.4 is 0 Å². The Bertz CT molecular complexity index is 1090. The molecule has 0 fully saturated rings. The van der Waals surface area contributed by atoms with Crippen molar-refractivity contribution in [2.75, 3.05) is 33.0 Å². The van der Waals surface area contributed by atoms with Gasteiger partial charge in [0, 0.05) is 23.1 Å². The molecule has 0 radical (unpaired) electrons. The van der Waals surface area contributed by atoms with Gasteiger partial charge in [0.25, 0.3) is 17.5 Å². The topological polar surface area (TPSA) is 125 Å². The van der Waals surface area contributed by atoms with Crippen LogP contribution in [-0.4, -0.2) is 66.2 Å². The van der Waals surface area contributed by atoms with Crippen molar-refractivity contribution in [2.24, 2.45) is 0 Å². The van der Waals surface area contributed by atoms with Crippen molar-refractivity contribution in [1.82, 2.24) is 4.90 Å². The van der Waals surface area contributed by atoms with Gasteiger partial charge in [0.15, 0.2) is 0 Å². The lowest BCUT2D eigenvalue weighted by atomic mass is 9.93. The van der Waals surface area contributed by atoms with Crippen LogP contribution in [0.3, 0.4) is 0 Å². The molecule has 2 aromatic carbocycles. The van der Waals surface area contributed by atoms with Gasteiger partial charge in [0.1, 0.15) is 5.60 Å². The Hall–Kier alpha value is -3.37. The number of esters is 1. The summed E-state index contributed by atoms with van der Waals surface area (Å²) in [5.41, 5.74) is -0.306. The molecule has 1 heterocycles. The van der Waals surface area contributed by atoms with Gasteiger partial charge in [0.2, 0.25) is 0 Å². The third kappa shape index (κ3) is 5.91.